The molecule has 0 radical (unpaired) electrons. The van der Waals surface area contributed by atoms with Crippen LogP contribution in [0.25, 0.3) is 0 Å². The van der Waals surface area contributed by atoms with Crippen LogP contribution in [0, 0.1) is 13.8 Å². The van der Waals surface area contributed by atoms with Gasteiger partial charge in [-0.3, -0.25) is 10.1 Å². The smallest absolute Gasteiger partial charge is 0.244 e. The van der Waals surface area contributed by atoms with Gasteiger partial charge in [0.15, 0.2) is 0 Å². The summed E-state index contributed by atoms with van der Waals surface area (Å²) in [6.45, 7) is 8.40. The molecule has 114 valence electrons. The maximum absolute atomic E-state index is 12.9. The van der Waals surface area contributed by atoms with E-state index in [1.54, 1.807) is 0 Å². The zero-order valence-electron chi connectivity index (χ0n) is 13.6. The third-order valence-corrected chi connectivity index (χ3v) is 5.34. The van der Waals surface area contributed by atoms with E-state index < -0.39 is 5.54 Å². The van der Waals surface area contributed by atoms with E-state index in [2.05, 4.69) is 49.2 Å². The van der Waals surface area contributed by atoms with Crippen molar-refractivity contribution >= 4 is 5.91 Å². The second-order valence-corrected chi connectivity index (χ2v) is 6.89. The third kappa shape index (κ3) is 2.28. The standard InChI is InChI=1S/C18H26N2O/c1-5-18(4)17(21)20(14-7-6-8-14)16(19-18)15-11-12(2)9-10-13(15)3/h9-11,14,16,19H,5-8H2,1-4H3. The van der Waals surface area contributed by atoms with E-state index >= 15 is 0 Å². The van der Waals surface area contributed by atoms with Crippen molar-refractivity contribution in [1.82, 2.24) is 10.2 Å². The van der Waals surface area contributed by atoms with Gasteiger partial charge in [-0.15, -0.1) is 0 Å². The number of carbonyl (C=O) groups is 1. The predicted molar refractivity (Wildman–Crippen MR) is 85.0 cm³/mol. The van der Waals surface area contributed by atoms with Crippen LogP contribution >= 0.6 is 0 Å². The van der Waals surface area contributed by atoms with Gasteiger partial charge in [0.05, 0.1) is 5.54 Å². The Morgan fingerprint density at radius 3 is 2.62 bits per heavy atom. The third-order valence-electron chi connectivity index (χ3n) is 5.34. The molecule has 2 atom stereocenters. The molecule has 1 heterocycles. The highest BCUT2D eigenvalue weighted by atomic mass is 16.2. The normalized spacial score (nSPS) is 29.8. The molecule has 1 aromatic rings. The number of benzene rings is 1. The van der Waals surface area contributed by atoms with Crippen molar-refractivity contribution < 1.29 is 4.79 Å². The first-order chi connectivity index (χ1) is 9.96. The lowest BCUT2D eigenvalue weighted by Crippen LogP contribution is -2.46. The summed E-state index contributed by atoms with van der Waals surface area (Å²) < 4.78 is 0. The van der Waals surface area contributed by atoms with Crippen LogP contribution in [0.5, 0.6) is 0 Å². The van der Waals surface area contributed by atoms with Crippen molar-refractivity contribution in [3.05, 3.63) is 34.9 Å². The summed E-state index contributed by atoms with van der Waals surface area (Å²) in [7, 11) is 0. The van der Waals surface area contributed by atoms with E-state index in [0.717, 1.165) is 19.3 Å². The molecule has 0 bridgehead atoms. The largest absolute Gasteiger partial charge is 0.318 e. The summed E-state index contributed by atoms with van der Waals surface area (Å²) in [5, 5.41) is 3.63. The number of hydrogen-bond donors (Lipinski definition) is 1. The number of aryl methyl sites for hydroxylation is 2. The minimum absolute atomic E-state index is 0.0349. The summed E-state index contributed by atoms with van der Waals surface area (Å²) in [6.07, 6.45) is 4.41. The fraction of sp³-hybridized carbons (Fsp3) is 0.611. The molecule has 1 amide bonds. The molecular weight excluding hydrogens is 260 g/mol. The van der Waals surface area contributed by atoms with Gasteiger partial charge in [-0.1, -0.05) is 30.7 Å². The molecule has 1 aliphatic heterocycles. The van der Waals surface area contributed by atoms with Crippen molar-refractivity contribution in [2.75, 3.05) is 0 Å². The Morgan fingerprint density at radius 2 is 2.05 bits per heavy atom. The lowest BCUT2D eigenvalue weighted by Gasteiger charge is -2.39. The van der Waals surface area contributed by atoms with E-state index in [1.807, 2.05) is 6.92 Å². The lowest BCUT2D eigenvalue weighted by molar-refractivity contribution is -0.136. The quantitative estimate of drug-likeness (QED) is 0.923. The van der Waals surface area contributed by atoms with Crippen LogP contribution in [0.3, 0.4) is 0 Å². The van der Waals surface area contributed by atoms with E-state index in [4.69, 9.17) is 0 Å². The Bertz CT molecular complexity index is 564. The second-order valence-electron chi connectivity index (χ2n) is 6.89. The van der Waals surface area contributed by atoms with Crippen molar-refractivity contribution in [3.63, 3.8) is 0 Å². The van der Waals surface area contributed by atoms with Crippen LogP contribution in [-0.4, -0.2) is 22.4 Å². The molecule has 1 saturated heterocycles. The molecule has 2 fully saturated rings. The summed E-state index contributed by atoms with van der Waals surface area (Å²) in [4.78, 5) is 15.1. The average molecular weight is 286 g/mol. The van der Waals surface area contributed by atoms with Crippen LogP contribution in [0.1, 0.15) is 62.4 Å². The minimum atomic E-state index is -0.420. The Balaban J connectivity index is 2.02. The zero-order valence-corrected chi connectivity index (χ0v) is 13.6. The summed E-state index contributed by atoms with van der Waals surface area (Å²) in [5.74, 6) is 0.278. The zero-order chi connectivity index (χ0) is 15.2. The van der Waals surface area contributed by atoms with Gasteiger partial charge in [0, 0.05) is 6.04 Å². The van der Waals surface area contributed by atoms with Gasteiger partial charge in [-0.2, -0.15) is 0 Å². The molecule has 1 saturated carbocycles. The van der Waals surface area contributed by atoms with Crippen LogP contribution in [0.2, 0.25) is 0 Å². The van der Waals surface area contributed by atoms with E-state index in [1.165, 1.54) is 23.1 Å². The molecule has 1 N–H and O–H groups in total. The topological polar surface area (TPSA) is 32.3 Å². The van der Waals surface area contributed by atoms with Crippen molar-refractivity contribution in [1.29, 1.82) is 0 Å². The monoisotopic (exact) mass is 286 g/mol. The van der Waals surface area contributed by atoms with Gasteiger partial charge in [0.1, 0.15) is 6.17 Å². The summed E-state index contributed by atoms with van der Waals surface area (Å²) in [6, 6.07) is 6.95. The predicted octanol–water partition coefficient (Wildman–Crippen LogP) is 3.46. The Hall–Kier alpha value is -1.35. The van der Waals surface area contributed by atoms with Crippen LogP contribution < -0.4 is 5.32 Å². The second kappa shape index (κ2) is 5.13. The molecule has 1 aliphatic carbocycles. The van der Waals surface area contributed by atoms with Crippen molar-refractivity contribution in [2.24, 2.45) is 0 Å². The SMILES string of the molecule is CCC1(C)NC(c2cc(C)ccc2C)N(C2CCC2)C1=O. The molecule has 2 unspecified atom stereocenters. The van der Waals surface area contributed by atoms with Gasteiger partial charge in [0.2, 0.25) is 5.91 Å². The maximum Gasteiger partial charge on any atom is 0.244 e. The highest BCUT2D eigenvalue weighted by molar-refractivity contribution is 5.89. The molecule has 0 spiro atoms. The molecule has 21 heavy (non-hydrogen) atoms. The fourth-order valence-corrected chi connectivity index (χ4v) is 3.41. The number of nitrogens with zero attached hydrogens (tertiary/aromatic N) is 1. The molecule has 0 aromatic heterocycles. The van der Waals surface area contributed by atoms with E-state index in [-0.39, 0.29) is 12.1 Å². The van der Waals surface area contributed by atoms with E-state index in [9.17, 15) is 4.79 Å². The van der Waals surface area contributed by atoms with Gasteiger partial charge in [0.25, 0.3) is 0 Å². The van der Waals surface area contributed by atoms with Gasteiger partial charge < -0.3 is 4.90 Å². The van der Waals surface area contributed by atoms with Crippen molar-refractivity contribution in [2.45, 2.75) is 71.1 Å². The molecule has 3 rings (SSSR count). The number of rotatable bonds is 3. The number of carbonyl (C=O) groups excluding carboxylic acids is 1. The molecule has 3 nitrogen and oxygen atoms in total. The maximum atomic E-state index is 12.9. The highest BCUT2D eigenvalue weighted by Crippen LogP contribution is 2.40. The van der Waals surface area contributed by atoms with Crippen LogP contribution in [0.15, 0.2) is 18.2 Å². The highest BCUT2D eigenvalue weighted by Gasteiger charge is 2.50. The van der Waals surface area contributed by atoms with Crippen molar-refractivity contribution in [3.8, 4) is 0 Å². The van der Waals surface area contributed by atoms with Gasteiger partial charge >= 0.3 is 0 Å². The lowest BCUT2D eigenvalue weighted by atomic mass is 9.89. The Morgan fingerprint density at radius 1 is 1.33 bits per heavy atom. The summed E-state index contributed by atoms with van der Waals surface area (Å²) in [5.41, 5.74) is 3.35. The minimum Gasteiger partial charge on any atom is -0.318 e. The molecular formula is C18H26N2O. The van der Waals surface area contributed by atoms with E-state index in [0.29, 0.717) is 6.04 Å². The number of amides is 1. The van der Waals surface area contributed by atoms with Crippen LogP contribution in [0.4, 0.5) is 0 Å². The molecule has 3 heteroatoms. The van der Waals surface area contributed by atoms with Gasteiger partial charge in [-0.05, 0) is 57.6 Å². The number of nitrogens with one attached hydrogen (secondary N) is 1. The first-order valence-corrected chi connectivity index (χ1v) is 8.14. The van der Waals surface area contributed by atoms with Gasteiger partial charge in [-0.25, -0.2) is 0 Å². The first kappa shape index (κ1) is 14.6. The Kier molecular flexibility index (Phi) is 3.56. The summed E-state index contributed by atoms with van der Waals surface area (Å²) >= 11 is 0. The first-order valence-electron chi connectivity index (χ1n) is 8.14. The van der Waals surface area contributed by atoms with Crippen LogP contribution in [-0.2, 0) is 4.79 Å². The fourth-order valence-electron chi connectivity index (χ4n) is 3.41. The number of hydrogen-bond acceptors (Lipinski definition) is 2. The average Bonchev–Trinajstić information content (AvgIpc) is 2.66. The molecule has 2 aliphatic rings. The molecule has 1 aromatic carbocycles. The Labute approximate surface area is 127 Å².